The molecule has 0 saturated carbocycles. The number of benzene rings is 1. The maximum absolute atomic E-state index is 13.4. The van der Waals surface area contributed by atoms with Crippen LogP contribution in [0.3, 0.4) is 0 Å². The number of hydrogen-bond donors (Lipinski definition) is 2. The fourth-order valence-electron chi connectivity index (χ4n) is 5.13. The summed E-state index contributed by atoms with van der Waals surface area (Å²) in [6.45, 7) is 4.82. The van der Waals surface area contributed by atoms with E-state index in [1.54, 1.807) is 19.2 Å². The van der Waals surface area contributed by atoms with Gasteiger partial charge in [-0.2, -0.15) is 0 Å². The standard InChI is InChI=1S/C20H24ClN3O4/c1-10(2)15-13-14(18(26)24(17(13)25)8-5-9-28-3)20(23-15)11-6-4-7-12(21)16(11)22-19(20)27/h4,6-7,10,13-15,23H,5,8-9H2,1-3H3,(H,22,27)/p+1/t13-,14-,15+,20+/m0/s1. The number of ether oxygens (including phenoxy) is 1. The quantitative estimate of drug-likeness (QED) is 0.557. The van der Waals surface area contributed by atoms with E-state index >= 15 is 0 Å². The Bertz CT molecular complexity index is 858. The van der Waals surface area contributed by atoms with Crippen LogP contribution in [0.5, 0.6) is 0 Å². The van der Waals surface area contributed by atoms with E-state index in [4.69, 9.17) is 16.3 Å². The summed E-state index contributed by atoms with van der Waals surface area (Å²) in [5, 5.41) is 5.25. The summed E-state index contributed by atoms with van der Waals surface area (Å²) in [5.74, 6) is -1.85. The van der Waals surface area contributed by atoms with Crippen molar-refractivity contribution in [2.24, 2.45) is 17.8 Å². The first-order valence-electron chi connectivity index (χ1n) is 9.65. The zero-order valence-electron chi connectivity index (χ0n) is 16.2. The van der Waals surface area contributed by atoms with Crippen molar-refractivity contribution < 1.29 is 24.4 Å². The van der Waals surface area contributed by atoms with Crippen molar-refractivity contribution in [3.63, 3.8) is 0 Å². The average Bonchev–Trinajstić information content (AvgIpc) is 3.24. The second kappa shape index (κ2) is 6.83. The van der Waals surface area contributed by atoms with Gasteiger partial charge in [-0.25, -0.2) is 0 Å². The summed E-state index contributed by atoms with van der Waals surface area (Å²) in [6, 6.07) is 5.17. The van der Waals surface area contributed by atoms with Crippen LogP contribution in [0.15, 0.2) is 18.2 Å². The fraction of sp³-hybridized carbons (Fsp3) is 0.550. The van der Waals surface area contributed by atoms with Gasteiger partial charge in [-0.1, -0.05) is 31.5 Å². The highest BCUT2D eigenvalue weighted by Crippen LogP contribution is 2.51. The zero-order valence-corrected chi connectivity index (χ0v) is 17.0. The number of nitrogens with one attached hydrogen (secondary N) is 1. The smallest absolute Gasteiger partial charge is 0.291 e. The summed E-state index contributed by atoms with van der Waals surface area (Å²) in [6.07, 6.45) is 0.574. The lowest BCUT2D eigenvalue weighted by Crippen LogP contribution is -2.99. The molecule has 3 heterocycles. The van der Waals surface area contributed by atoms with E-state index in [0.29, 0.717) is 35.8 Å². The predicted molar refractivity (Wildman–Crippen MR) is 103 cm³/mol. The van der Waals surface area contributed by atoms with Crippen molar-refractivity contribution in [1.82, 2.24) is 4.90 Å². The van der Waals surface area contributed by atoms with E-state index in [2.05, 4.69) is 5.32 Å². The topological polar surface area (TPSA) is 92.3 Å². The number of nitrogens with zero attached hydrogens (tertiary/aromatic N) is 1. The minimum atomic E-state index is -1.15. The van der Waals surface area contributed by atoms with Gasteiger partial charge in [-0.15, -0.1) is 0 Å². The monoisotopic (exact) mass is 406 g/mol. The zero-order chi connectivity index (χ0) is 20.2. The summed E-state index contributed by atoms with van der Waals surface area (Å²) in [4.78, 5) is 41.2. The number of nitrogens with two attached hydrogens (primary N) is 1. The molecule has 0 unspecified atom stereocenters. The van der Waals surface area contributed by atoms with Crippen LogP contribution in [-0.4, -0.2) is 48.9 Å². The van der Waals surface area contributed by atoms with E-state index in [1.807, 2.05) is 25.2 Å². The van der Waals surface area contributed by atoms with Crippen LogP contribution in [0.4, 0.5) is 5.69 Å². The Morgan fingerprint density at radius 1 is 1.29 bits per heavy atom. The van der Waals surface area contributed by atoms with Crippen molar-refractivity contribution in [3.8, 4) is 0 Å². The number of rotatable bonds is 5. The molecular formula is C20H25ClN3O4+. The third-order valence-corrected chi connectivity index (χ3v) is 6.69. The highest BCUT2D eigenvalue weighted by molar-refractivity contribution is 6.35. The molecule has 3 aliphatic rings. The molecule has 8 heteroatoms. The van der Waals surface area contributed by atoms with Crippen molar-refractivity contribution in [3.05, 3.63) is 28.8 Å². The Labute approximate surface area is 168 Å². The second-order valence-corrected chi connectivity index (χ2v) is 8.56. The number of halogens is 1. The third-order valence-electron chi connectivity index (χ3n) is 6.38. The molecule has 3 amide bonds. The van der Waals surface area contributed by atoms with Crippen molar-refractivity contribution in [1.29, 1.82) is 0 Å². The molecular weight excluding hydrogens is 382 g/mol. The van der Waals surface area contributed by atoms with Gasteiger partial charge in [0, 0.05) is 31.7 Å². The Kier molecular flexibility index (Phi) is 4.72. The largest absolute Gasteiger partial charge is 0.385 e. The van der Waals surface area contributed by atoms with Crippen LogP contribution >= 0.6 is 11.6 Å². The molecule has 150 valence electrons. The lowest BCUT2D eigenvalue weighted by atomic mass is 9.76. The van der Waals surface area contributed by atoms with E-state index in [9.17, 15) is 14.4 Å². The van der Waals surface area contributed by atoms with Gasteiger partial charge in [0.15, 0.2) is 0 Å². The van der Waals surface area contributed by atoms with Crippen LogP contribution in [0, 0.1) is 17.8 Å². The lowest BCUT2D eigenvalue weighted by Gasteiger charge is -2.27. The summed E-state index contributed by atoms with van der Waals surface area (Å²) >= 11 is 6.31. The van der Waals surface area contributed by atoms with Gasteiger partial charge >= 0.3 is 0 Å². The van der Waals surface area contributed by atoms with Gasteiger partial charge in [-0.05, 0) is 18.6 Å². The van der Waals surface area contributed by atoms with Gasteiger partial charge in [0.2, 0.25) is 17.4 Å². The molecule has 3 N–H and O–H groups in total. The number of fused-ring (bicyclic) bond motifs is 4. The van der Waals surface area contributed by atoms with Crippen molar-refractivity contribution in [2.45, 2.75) is 31.8 Å². The summed E-state index contributed by atoms with van der Waals surface area (Å²) in [7, 11) is 1.59. The molecule has 0 bridgehead atoms. The summed E-state index contributed by atoms with van der Waals surface area (Å²) in [5.41, 5.74) is 0.0949. The number of anilines is 1. The van der Waals surface area contributed by atoms with Gasteiger partial charge in [0.25, 0.3) is 5.91 Å². The Morgan fingerprint density at radius 3 is 2.71 bits per heavy atom. The first-order valence-corrected chi connectivity index (χ1v) is 10.0. The maximum atomic E-state index is 13.4. The van der Waals surface area contributed by atoms with Gasteiger partial charge < -0.3 is 15.4 Å². The number of imide groups is 1. The maximum Gasteiger partial charge on any atom is 0.291 e. The van der Waals surface area contributed by atoms with Crippen LogP contribution in [-0.2, 0) is 24.7 Å². The van der Waals surface area contributed by atoms with E-state index in [-0.39, 0.29) is 29.7 Å². The number of likely N-dealkylation sites (tertiary alicyclic amines) is 1. The summed E-state index contributed by atoms with van der Waals surface area (Å²) < 4.78 is 5.06. The first-order chi connectivity index (χ1) is 13.3. The number of para-hydroxylation sites is 1. The van der Waals surface area contributed by atoms with Crippen LogP contribution in [0.25, 0.3) is 0 Å². The Morgan fingerprint density at radius 2 is 2.04 bits per heavy atom. The normalized spacial score (nSPS) is 31.1. The van der Waals surface area contributed by atoms with Crippen LogP contribution in [0.2, 0.25) is 5.02 Å². The second-order valence-electron chi connectivity index (χ2n) is 8.15. The third kappa shape index (κ3) is 2.46. The molecule has 28 heavy (non-hydrogen) atoms. The van der Waals surface area contributed by atoms with E-state index < -0.39 is 17.4 Å². The molecule has 7 nitrogen and oxygen atoms in total. The highest BCUT2D eigenvalue weighted by atomic mass is 35.5. The first kappa shape index (κ1) is 19.4. The number of carbonyl (C=O) groups excluding carboxylic acids is 3. The number of carbonyl (C=O) groups is 3. The number of hydrogen-bond acceptors (Lipinski definition) is 4. The Hall–Kier alpha value is -1.96. The van der Waals surface area contributed by atoms with E-state index in [1.165, 1.54) is 4.90 Å². The lowest BCUT2D eigenvalue weighted by molar-refractivity contribution is -0.738. The molecule has 4 rings (SSSR count). The molecule has 0 radical (unpaired) electrons. The molecule has 4 atom stereocenters. The fourth-order valence-corrected chi connectivity index (χ4v) is 5.35. The average molecular weight is 407 g/mol. The van der Waals surface area contributed by atoms with Gasteiger partial charge in [0.1, 0.15) is 17.9 Å². The predicted octanol–water partition coefficient (Wildman–Crippen LogP) is 0.727. The minimum Gasteiger partial charge on any atom is -0.385 e. The number of quaternary nitrogens is 1. The molecule has 0 aliphatic carbocycles. The van der Waals surface area contributed by atoms with E-state index in [0.717, 1.165) is 0 Å². The molecule has 0 aromatic heterocycles. The van der Waals surface area contributed by atoms with Gasteiger partial charge in [0.05, 0.1) is 10.7 Å². The molecule has 1 spiro atoms. The van der Waals surface area contributed by atoms with Crippen LogP contribution < -0.4 is 10.6 Å². The number of amides is 3. The van der Waals surface area contributed by atoms with Gasteiger partial charge in [-0.3, -0.25) is 19.3 Å². The minimum absolute atomic E-state index is 0.124. The molecule has 2 fully saturated rings. The molecule has 1 aromatic carbocycles. The number of methoxy groups -OCH3 is 1. The Balaban J connectivity index is 1.81. The molecule has 1 aromatic rings. The molecule has 3 aliphatic heterocycles. The SMILES string of the molecule is COCCCN1C(=O)[C@@H]2[C@@H](C(C)C)[NH2+][C@@]3(C(=O)Nc4c(Cl)cccc43)[C@@H]2C1=O. The van der Waals surface area contributed by atoms with Crippen molar-refractivity contribution in [2.75, 3.05) is 25.6 Å². The van der Waals surface area contributed by atoms with Crippen LogP contribution in [0.1, 0.15) is 25.8 Å². The molecule has 2 saturated heterocycles. The highest BCUT2D eigenvalue weighted by Gasteiger charge is 2.74. The van der Waals surface area contributed by atoms with Crippen molar-refractivity contribution >= 4 is 35.0 Å².